The van der Waals surface area contributed by atoms with Gasteiger partial charge in [-0.2, -0.15) is 0 Å². The second kappa shape index (κ2) is 6.26. The summed E-state index contributed by atoms with van der Waals surface area (Å²) in [6.07, 6.45) is 3.43. The highest BCUT2D eigenvalue weighted by Gasteiger charge is 2.32. The maximum Gasteiger partial charge on any atom is 0.273 e. The van der Waals surface area contributed by atoms with E-state index in [1.165, 1.54) is 25.0 Å². The first kappa shape index (κ1) is 15.7. The Kier molecular flexibility index (Phi) is 4.10. The molecule has 0 spiro atoms. The molecule has 4 rings (SSSR count). The van der Waals surface area contributed by atoms with E-state index in [0.29, 0.717) is 35.2 Å². The number of fused-ring (bicyclic) bond motifs is 1. The van der Waals surface area contributed by atoms with Crippen molar-refractivity contribution in [1.82, 2.24) is 14.5 Å². The van der Waals surface area contributed by atoms with Crippen molar-refractivity contribution in [2.24, 2.45) is 13.0 Å². The number of aryl methyl sites for hydroxylation is 1. The van der Waals surface area contributed by atoms with Gasteiger partial charge in [-0.05, 0) is 37.3 Å². The second-order valence-corrected chi connectivity index (χ2v) is 6.95. The Morgan fingerprint density at radius 1 is 1.38 bits per heavy atom. The molecule has 1 unspecified atom stereocenters. The molecule has 0 amide bonds. The molecule has 0 N–H and O–H groups in total. The average molecular weight is 331 g/mol. The van der Waals surface area contributed by atoms with Crippen LogP contribution >= 0.6 is 0 Å². The number of aromatic nitrogens is 2. The maximum absolute atomic E-state index is 13.5. The quantitative estimate of drug-likeness (QED) is 0.842. The van der Waals surface area contributed by atoms with Crippen LogP contribution in [-0.4, -0.2) is 40.3 Å². The monoisotopic (exact) mass is 331 g/mol. The average Bonchev–Trinajstić information content (AvgIpc) is 3.29. The minimum Gasteiger partial charge on any atom is -0.381 e. The lowest BCUT2D eigenvalue weighted by atomic mass is 10.1. The Bertz CT molecular complexity index is 810. The van der Waals surface area contributed by atoms with Crippen LogP contribution in [0.2, 0.25) is 0 Å². The molecule has 6 heteroatoms. The molecule has 1 atom stereocenters. The van der Waals surface area contributed by atoms with Gasteiger partial charge in [0.15, 0.2) is 0 Å². The zero-order valence-electron chi connectivity index (χ0n) is 13.9. The van der Waals surface area contributed by atoms with Crippen LogP contribution in [0.3, 0.4) is 0 Å². The fourth-order valence-electron chi connectivity index (χ4n) is 3.50. The highest BCUT2D eigenvalue weighted by Crippen LogP contribution is 2.30. The van der Waals surface area contributed by atoms with Gasteiger partial charge in [0, 0.05) is 38.9 Å². The van der Waals surface area contributed by atoms with E-state index in [-0.39, 0.29) is 11.4 Å². The number of halogens is 1. The third-order valence-electron chi connectivity index (χ3n) is 5.04. The molecule has 2 fully saturated rings. The van der Waals surface area contributed by atoms with Crippen LogP contribution in [0.5, 0.6) is 0 Å². The van der Waals surface area contributed by atoms with Gasteiger partial charge in [-0.15, -0.1) is 0 Å². The lowest BCUT2D eigenvalue weighted by molar-refractivity contribution is 0.160. The number of nitrogens with zero attached hydrogens (tertiary/aromatic N) is 3. The van der Waals surface area contributed by atoms with Crippen LogP contribution in [0, 0.1) is 11.7 Å². The smallest absolute Gasteiger partial charge is 0.273 e. The number of hydrogen-bond donors (Lipinski definition) is 0. The van der Waals surface area contributed by atoms with E-state index in [0.717, 1.165) is 26.2 Å². The zero-order chi connectivity index (χ0) is 16.7. The fourth-order valence-corrected chi connectivity index (χ4v) is 3.50. The summed E-state index contributed by atoms with van der Waals surface area (Å²) in [4.78, 5) is 19.5. The third kappa shape index (κ3) is 3.08. The summed E-state index contributed by atoms with van der Waals surface area (Å²) in [7, 11) is 1.72. The molecule has 1 aliphatic carbocycles. The SMILES string of the molecule is Cn1c(=O)c(CN(CC2CCOC2)C2CC2)nc2cc(F)ccc21. The van der Waals surface area contributed by atoms with Crippen LogP contribution in [0.25, 0.3) is 11.0 Å². The molecule has 128 valence electrons. The van der Waals surface area contributed by atoms with Crippen LogP contribution in [0.4, 0.5) is 4.39 Å². The number of rotatable bonds is 5. The molecule has 24 heavy (non-hydrogen) atoms. The van der Waals surface area contributed by atoms with Crippen molar-refractivity contribution in [3.05, 3.63) is 40.1 Å². The standard InChI is InChI=1S/C18H22FN3O2/c1-21-17-5-2-13(19)8-15(17)20-16(18(21)23)10-22(14-3-4-14)9-12-6-7-24-11-12/h2,5,8,12,14H,3-4,6-7,9-11H2,1H3. The summed E-state index contributed by atoms with van der Waals surface area (Å²) >= 11 is 0. The molecule has 1 aliphatic heterocycles. The van der Waals surface area contributed by atoms with Gasteiger partial charge in [0.1, 0.15) is 11.5 Å². The van der Waals surface area contributed by atoms with Gasteiger partial charge in [0.2, 0.25) is 0 Å². The van der Waals surface area contributed by atoms with Gasteiger partial charge in [-0.1, -0.05) is 0 Å². The molecule has 5 nitrogen and oxygen atoms in total. The first-order valence-corrected chi connectivity index (χ1v) is 8.59. The molecule has 2 aliphatic rings. The van der Waals surface area contributed by atoms with Crippen molar-refractivity contribution in [3.63, 3.8) is 0 Å². The summed E-state index contributed by atoms with van der Waals surface area (Å²) in [5.74, 6) is 0.203. The van der Waals surface area contributed by atoms with Crippen molar-refractivity contribution in [2.75, 3.05) is 19.8 Å². The van der Waals surface area contributed by atoms with Crippen molar-refractivity contribution in [1.29, 1.82) is 0 Å². The Morgan fingerprint density at radius 3 is 2.92 bits per heavy atom. The van der Waals surface area contributed by atoms with Gasteiger partial charge in [-0.25, -0.2) is 9.37 Å². The van der Waals surface area contributed by atoms with Crippen LogP contribution in [0.1, 0.15) is 25.0 Å². The van der Waals surface area contributed by atoms with E-state index in [1.807, 2.05) is 0 Å². The summed E-state index contributed by atoms with van der Waals surface area (Å²) in [6.45, 7) is 3.10. The third-order valence-corrected chi connectivity index (χ3v) is 5.04. The van der Waals surface area contributed by atoms with Crippen molar-refractivity contribution < 1.29 is 9.13 Å². The maximum atomic E-state index is 13.5. The Morgan fingerprint density at radius 2 is 2.21 bits per heavy atom. The molecule has 0 bridgehead atoms. The minimum absolute atomic E-state index is 0.0950. The van der Waals surface area contributed by atoms with Crippen LogP contribution in [-0.2, 0) is 18.3 Å². The Balaban J connectivity index is 1.64. The normalized spacial score (nSPS) is 21.0. The predicted octanol–water partition coefficient (Wildman–Crippen LogP) is 2.07. The van der Waals surface area contributed by atoms with E-state index in [2.05, 4.69) is 9.88 Å². The summed E-state index contributed by atoms with van der Waals surface area (Å²) in [5.41, 5.74) is 1.60. The van der Waals surface area contributed by atoms with Crippen molar-refractivity contribution >= 4 is 11.0 Å². The summed E-state index contributed by atoms with van der Waals surface area (Å²) in [6, 6.07) is 4.90. The van der Waals surface area contributed by atoms with E-state index >= 15 is 0 Å². The zero-order valence-corrected chi connectivity index (χ0v) is 13.9. The Hall–Kier alpha value is -1.79. The first-order chi connectivity index (χ1) is 11.6. The number of benzene rings is 1. The largest absolute Gasteiger partial charge is 0.381 e. The van der Waals surface area contributed by atoms with Gasteiger partial charge in [-0.3, -0.25) is 9.69 Å². The lowest BCUT2D eigenvalue weighted by Gasteiger charge is -2.24. The highest BCUT2D eigenvalue weighted by molar-refractivity contribution is 5.74. The summed E-state index contributed by atoms with van der Waals surface area (Å²) in [5, 5.41) is 0. The predicted molar refractivity (Wildman–Crippen MR) is 89.3 cm³/mol. The van der Waals surface area contributed by atoms with E-state index < -0.39 is 0 Å². The molecule has 1 aromatic heterocycles. The molecular formula is C18H22FN3O2. The van der Waals surface area contributed by atoms with Gasteiger partial charge in [0.05, 0.1) is 17.6 Å². The lowest BCUT2D eigenvalue weighted by Crippen LogP contribution is -2.35. The summed E-state index contributed by atoms with van der Waals surface area (Å²) < 4.78 is 20.6. The molecular weight excluding hydrogens is 309 g/mol. The van der Waals surface area contributed by atoms with Crippen molar-refractivity contribution in [3.8, 4) is 0 Å². The van der Waals surface area contributed by atoms with Gasteiger partial charge >= 0.3 is 0 Å². The second-order valence-electron chi connectivity index (χ2n) is 6.95. The molecule has 0 radical (unpaired) electrons. The number of ether oxygens (including phenoxy) is 1. The van der Waals surface area contributed by atoms with Crippen LogP contribution in [0.15, 0.2) is 23.0 Å². The molecule has 1 saturated carbocycles. The first-order valence-electron chi connectivity index (χ1n) is 8.59. The van der Waals surface area contributed by atoms with E-state index in [4.69, 9.17) is 4.74 Å². The minimum atomic E-state index is -0.332. The van der Waals surface area contributed by atoms with Crippen molar-refractivity contribution in [2.45, 2.75) is 31.8 Å². The number of hydrogen-bond acceptors (Lipinski definition) is 4. The molecule has 1 saturated heterocycles. The molecule has 2 aromatic rings. The topological polar surface area (TPSA) is 47.4 Å². The van der Waals surface area contributed by atoms with E-state index in [9.17, 15) is 9.18 Å². The highest BCUT2D eigenvalue weighted by atomic mass is 19.1. The fraction of sp³-hybridized carbons (Fsp3) is 0.556. The van der Waals surface area contributed by atoms with E-state index in [1.54, 1.807) is 17.7 Å². The van der Waals surface area contributed by atoms with Gasteiger partial charge < -0.3 is 9.30 Å². The molecule has 2 heterocycles. The van der Waals surface area contributed by atoms with Crippen LogP contribution < -0.4 is 5.56 Å². The molecule has 1 aromatic carbocycles. The van der Waals surface area contributed by atoms with Gasteiger partial charge in [0.25, 0.3) is 5.56 Å². The Labute approximate surface area is 140 Å².